The molecule has 1 fully saturated rings. The summed E-state index contributed by atoms with van der Waals surface area (Å²) >= 11 is 5.96. The fraction of sp³-hybridized carbons (Fsp3) is 0.579. The third-order valence-corrected chi connectivity index (χ3v) is 5.04. The number of carbonyl (C=O) groups excluding carboxylic acids is 1. The molecule has 0 bridgehead atoms. The molecule has 0 radical (unpaired) electrons. The molecule has 1 aliphatic rings. The maximum Gasteiger partial charge on any atom is 0.308 e. The average Bonchev–Trinajstić information content (AvgIpc) is 2.62. The highest BCUT2D eigenvalue weighted by Gasteiger charge is 2.29. The smallest absolute Gasteiger partial charge is 0.308 e. The van der Waals surface area contributed by atoms with E-state index in [0.29, 0.717) is 37.7 Å². The Kier molecular flexibility index (Phi) is 8.19. The van der Waals surface area contributed by atoms with Gasteiger partial charge in [0.15, 0.2) is 0 Å². The molecule has 1 aliphatic heterocycles. The second-order valence-electron chi connectivity index (χ2n) is 6.56. The van der Waals surface area contributed by atoms with Crippen LogP contribution in [0, 0.1) is 18.8 Å². The van der Waals surface area contributed by atoms with E-state index in [1.165, 1.54) is 0 Å². The van der Waals surface area contributed by atoms with E-state index < -0.39 is 11.9 Å². The standard InChI is InChI=1S/C19H26ClNO5/c1-13-11-15(4-5-17(13)20)26-8-2-3-18(22)21-12-16(19(23)24)14-6-9-25-10-7-14/h4-5,11,14,16H,2-3,6-10,12H2,1H3,(H,21,22)(H,23,24). The van der Waals surface area contributed by atoms with Crippen molar-refractivity contribution in [3.8, 4) is 5.75 Å². The first kappa shape index (κ1) is 20.5. The number of aliphatic carboxylic acids is 1. The van der Waals surface area contributed by atoms with Crippen molar-refractivity contribution in [2.24, 2.45) is 11.8 Å². The minimum absolute atomic E-state index is 0.0537. The largest absolute Gasteiger partial charge is 0.494 e. The van der Waals surface area contributed by atoms with Crippen LogP contribution in [0.1, 0.15) is 31.2 Å². The number of hydrogen-bond acceptors (Lipinski definition) is 4. The van der Waals surface area contributed by atoms with E-state index in [9.17, 15) is 14.7 Å². The van der Waals surface area contributed by atoms with E-state index in [1.54, 1.807) is 12.1 Å². The first-order valence-corrected chi connectivity index (χ1v) is 9.31. The van der Waals surface area contributed by atoms with Gasteiger partial charge in [-0.2, -0.15) is 0 Å². The van der Waals surface area contributed by atoms with Gasteiger partial charge in [-0.1, -0.05) is 11.6 Å². The highest BCUT2D eigenvalue weighted by molar-refractivity contribution is 6.31. The zero-order valence-corrected chi connectivity index (χ0v) is 15.8. The van der Waals surface area contributed by atoms with Gasteiger partial charge in [0, 0.05) is 31.2 Å². The number of carbonyl (C=O) groups is 2. The molecule has 6 nitrogen and oxygen atoms in total. The highest BCUT2D eigenvalue weighted by Crippen LogP contribution is 2.24. The van der Waals surface area contributed by atoms with Gasteiger partial charge in [0.2, 0.25) is 5.91 Å². The topological polar surface area (TPSA) is 84.9 Å². The summed E-state index contributed by atoms with van der Waals surface area (Å²) in [5.74, 6) is -0.801. The zero-order chi connectivity index (χ0) is 18.9. The molecule has 1 atom stereocenters. The van der Waals surface area contributed by atoms with Crippen LogP contribution in [-0.4, -0.2) is 43.3 Å². The van der Waals surface area contributed by atoms with Gasteiger partial charge in [0.05, 0.1) is 12.5 Å². The molecule has 0 spiro atoms. The Morgan fingerprint density at radius 3 is 2.77 bits per heavy atom. The Hall–Kier alpha value is -1.79. The van der Waals surface area contributed by atoms with Gasteiger partial charge in [-0.15, -0.1) is 0 Å². The van der Waals surface area contributed by atoms with E-state index in [0.717, 1.165) is 24.2 Å². The normalized spacial score (nSPS) is 16.1. The molecule has 2 rings (SSSR count). The second-order valence-corrected chi connectivity index (χ2v) is 6.97. The zero-order valence-electron chi connectivity index (χ0n) is 15.0. The highest BCUT2D eigenvalue weighted by atomic mass is 35.5. The van der Waals surface area contributed by atoms with Crippen LogP contribution in [0.3, 0.4) is 0 Å². The Morgan fingerprint density at radius 2 is 2.12 bits per heavy atom. The van der Waals surface area contributed by atoms with Crippen LogP contribution >= 0.6 is 11.6 Å². The lowest BCUT2D eigenvalue weighted by Crippen LogP contribution is -2.39. The molecule has 1 aromatic rings. The third kappa shape index (κ3) is 6.50. The maximum absolute atomic E-state index is 12.0. The number of carboxylic acid groups (broad SMARTS) is 1. The van der Waals surface area contributed by atoms with Crippen LogP contribution in [0.15, 0.2) is 18.2 Å². The van der Waals surface area contributed by atoms with Gasteiger partial charge in [-0.05, 0) is 55.9 Å². The van der Waals surface area contributed by atoms with Gasteiger partial charge < -0.3 is 19.9 Å². The lowest BCUT2D eigenvalue weighted by Gasteiger charge is -2.27. The summed E-state index contributed by atoms with van der Waals surface area (Å²) in [5, 5.41) is 12.8. The summed E-state index contributed by atoms with van der Waals surface area (Å²) in [5.41, 5.74) is 0.940. The van der Waals surface area contributed by atoms with Crippen LogP contribution in [0.2, 0.25) is 5.02 Å². The number of rotatable bonds is 9. The summed E-state index contributed by atoms with van der Waals surface area (Å²) < 4.78 is 10.9. The number of hydrogen-bond donors (Lipinski definition) is 2. The van der Waals surface area contributed by atoms with Crippen molar-refractivity contribution < 1.29 is 24.2 Å². The molecular formula is C19H26ClNO5. The summed E-state index contributed by atoms with van der Waals surface area (Å²) in [6.45, 7) is 3.65. The average molecular weight is 384 g/mol. The van der Waals surface area contributed by atoms with Gasteiger partial charge in [0.1, 0.15) is 5.75 Å². The molecule has 7 heteroatoms. The number of halogens is 1. The summed E-state index contributed by atoms with van der Waals surface area (Å²) in [7, 11) is 0. The number of aryl methyl sites for hydroxylation is 1. The van der Waals surface area contributed by atoms with Crippen molar-refractivity contribution in [1.82, 2.24) is 5.32 Å². The van der Waals surface area contributed by atoms with E-state index in [2.05, 4.69) is 5.32 Å². The van der Waals surface area contributed by atoms with Crippen molar-refractivity contribution in [2.45, 2.75) is 32.6 Å². The minimum atomic E-state index is -0.862. The molecule has 144 valence electrons. The molecule has 0 aromatic heterocycles. The SMILES string of the molecule is Cc1cc(OCCCC(=O)NCC(C(=O)O)C2CCOCC2)ccc1Cl. The Morgan fingerprint density at radius 1 is 1.38 bits per heavy atom. The third-order valence-electron chi connectivity index (χ3n) is 4.62. The molecule has 26 heavy (non-hydrogen) atoms. The van der Waals surface area contributed by atoms with Gasteiger partial charge >= 0.3 is 5.97 Å². The first-order valence-electron chi connectivity index (χ1n) is 8.93. The molecule has 0 saturated carbocycles. The van der Waals surface area contributed by atoms with E-state index in [-0.39, 0.29) is 18.4 Å². The van der Waals surface area contributed by atoms with Crippen molar-refractivity contribution in [2.75, 3.05) is 26.4 Å². The monoisotopic (exact) mass is 383 g/mol. The molecule has 0 aliphatic carbocycles. The van der Waals surface area contributed by atoms with Crippen molar-refractivity contribution in [1.29, 1.82) is 0 Å². The Labute approximate surface area is 158 Å². The van der Waals surface area contributed by atoms with E-state index >= 15 is 0 Å². The molecule has 2 N–H and O–H groups in total. The summed E-state index contributed by atoms with van der Waals surface area (Å²) in [6, 6.07) is 5.43. The predicted molar refractivity (Wildman–Crippen MR) is 98.6 cm³/mol. The molecule has 1 aromatic carbocycles. The van der Waals surface area contributed by atoms with Crippen molar-refractivity contribution in [3.05, 3.63) is 28.8 Å². The number of nitrogens with one attached hydrogen (secondary N) is 1. The van der Waals surface area contributed by atoms with Gasteiger partial charge in [0.25, 0.3) is 0 Å². The predicted octanol–water partition coefficient (Wildman–Crippen LogP) is 3.05. The van der Waals surface area contributed by atoms with Crippen LogP contribution < -0.4 is 10.1 Å². The number of carboxylic acids is 1. The number of amides is 1. The van der Waals surface area contributed by atoms with Crippen molar-refractivity contribution in [3.63, 3.8) is 0 Å². The van der Waals surface area contributed by atoms with Crippen LogP contribution in [0.25, 0.3) is 0 Å². The second kappa shape index (κ2) is 10.4. The quantitative estimate of drug-likeness (QED) is 0.640. The Balaban J connectivity index is 1.67. The molecule has 1 unspecified atom stereocenters. The summed E-state index contributed by atoms with van der Waals surface area (Å²) in [6.07, 6.45) is 2.30. The Bertz CT molecular complexity index is 616. The van der Waals surface area contributed by atoms with Crippen LogP contribution in [-0.2, 0) is 14.3 Å². The summed E-state index contributed by atoms with van der Waals surface area (Å²) in [4.78, 5) is 23.4. The van der Waals surface area contributed by atoms with Crippen molar-refractivity contribution >= 4 is 23.5 Å². The van der Waals surface area contributed by atoms with Crippen LogP contribution in [0.4, 0.5) is 0 Å². The number of benzene rings is 1. The van der Waals surface area contributed by atoms with Gasteiger partial charge in [-0.25, -0.2) is 0 Å². The number of ether oxygens (including phenoxy) is 2. The molecular weight excluding hydrogens is 358 g/mol. The minimum Gasteiger partial charge on any atom is -0.494 e. The van der Waals surface area contributed by atoms with E-state index in [4.69, 9.17) is 21.1 Å². The lowest BCUT2D eigenvalue weighted by molar-refractivity contribution is -0.145. The van der Waals surface area contributed by atoms with Gasteiger partial charge in [-0.3, -0.25) is 9.59 Å². The molecule has 1 amide bonds. The lowest BCUT2D eigenvalue weighted by atomic mass is 9.86. The van der Waals surface area contributed by atoms with Crippen LogP contribution in [0.5, 0.6) is 5.75 Å². The fourth-order valence-corrected chi connectivity index (χ4v) is 3.13. The fourth-order valence-electron chi connectivity index (χ4n) is 3.02. The first-order chi connectivity index (χ1) is 12.5. The molecule has 1 saturated heterocycles. The maximum atomic E-state index is 12.0. The van der Waals surface area contributed by atoms with E-state index in [1.807, 2.05) is 13.0 Å². The molecule has 1 heterocycles.